The van der Waals surface area contributed by atoms with Crippen molar-refractivity contribution in [1.29, 1.82) is 0 Å². The molecule has 0 aliphatic rings. The quantitative estimate of drug-likeness (QED) is 0.226. The van der Waals surface area contributed by atoms with Gasteiger partial charge in [-0.15, -0.1) is 0 Å². The van der Waals surface area contributed by atoms with Gasteiger partial charge in [-0.05, 0) is 67.6 Å². The van der Waals surface area contributed by atoms with Gasteiger partial charge in [0.2, 0.25) is 0 Å². The van der Waals surface area contributed by atoms with Gasteiger partial charge in [-0.25, -0.2) is 0 Å². The fraction of sp³-hybridized carbons (Fsp3) is 0.0270. The fourth-order valence-corrected chi connectivity index (χ4v) is 6.67. The largest absolute Gasteiger partial charge is 0.456 e. The van der Waals surface area contributed by atoms with Crippen molar-refractivity contribution < 1.29 is 4.42 Å². The summed E-state index contributed by atoms with van der Waals surface area (Å²) in [4.78, 5) is 0. The molecule has 6 aromatic carbocycles. The monoisotopic (exact) mass is 512 g/mol. The Morgan fingerprint density at radius 1 is 0.450 bits per heavy atom. The average Bonchev–Trinajstić information content (AvgIpc) is 3.64. The molecule has 40 heavy (non-hydrogen) atoms. The number of hydrogen-bond acceptors (Lipinski definition) is 1. The van der Waals surface area contributed by atoms with E-state index in [0.29, 0.717) is 0 Å². The summed E-state index contributed by atoms with van der Waals surface area (Å²) in [7, 11) is 0. The van der Waals surface area contributed by atoms with E-state index in [-0.39, 0.29) is 0 Å². The summed E-state index contributed by atoms with van der Waals surface area (Å²) in [6, 6.07) is 45.8. The zero-order valence-electron chi connectivity index (χ0n) is 21.9. The summed E-state index contributed by atoms with van der Waals surface area (Å²) in [5.74, 6) is 0. The number of nitrogens with zero attached hydrogens (tertiary/aromatic N) is 2. The summed E-state index contributed by atoms with van der Waals surface area (Å²) in [5.41, 5.74) is 10.2. The van der Waals surface area contributed by atoms with Crippen LogP contribution in [-0.2, 0) is 0 Å². The minimum absolute atomic E-state index is 0.908. The fourth-order valence-electron chi connectivity index (χ4n) is 6.67. The molecule has 0 atom stereocenters. The van der Waals surface area contributed by atoms with Gasteiger partial charge in [-0.2, -0.15) is 0 Å². The zero-order chi connectivity index (χ0) is 26.4. The smallest absolute Gasteiger partial charge is 0.137 e. The van der Waals surface area contributed by atoms with Gasteiger partial charge in [0.05, 0.1) is 33.1 Å². The second-order valence-corrected chi connectivity index (χ2v) is 10.7. The lowest BCUT2D eigenvalue weighted by Gasteiger charge is -2.11. The van der Waals surface area contributed by atoms with Crippen molar-refractivity contribution in [2.24, 2.45) is 0 Å². The minimum atomic E-state index is 0.908. The van der Waals surface area contributed by atoms with Gasteiger partial charge in [0.1, 0.15) is 11.2 Å². The maximum Gasteiger partial charge on any atom is 0.137 e. The molecule has 3 heterocycles. The van der Waals surface area contributed by atoms with Gasteiger partial charge in [0, 0.05) is 32.6 Å². The first kappa shape index (κ1) is 21.6. The molecule has 0 aliphatic heterocycles. The van der Waals surface area contributed by atoms with Crippen molar-refractivity contribution in [1.82, 2.24) is 9.13 Å². The predicted octanol–water partition coefficient (Wildman–Crippen LogP) is 10.1. The number of rotatable bonds is 2. The van der Waals surface area contributed by atoms with Crippen LogP contribution in [0.2, 0.25) is 0 Å². The number of aromatic nitrogens is 2. The van der Waals surface area contributed by atoms with Crippen LogP contribution >= 0.6 is 0 Å². The molecule has 3 aromatic heterocycles. The first-order valence-electron chi connectivity index (χ1n) is 13.7. The van der Waals surface area contributed by atoms with Crippen LogP contribution < -0.4 is 0 Å². The number of benzene rings is 6. The number of fused-ring (bicyclic) bond motifs is 9. The normalized spacial score (nSPS) is 12.1. The van der Waals surface area contributed by atoms with E-state index >= 15 is 0 Å². The van der Waals surface area contributed by atoms with Crippen LogP contribution in [0.15, 0.2) is 132 Å². The van der Waals surface area contributed by atoms with E-state index in [1.807, 2.05) is 0 Å². The van der Waals surface area contributed by atoms with Crippen molar-refractivity contribution in [3.8, 4) is 11.4 Å². The Morgan fingerprint density at radius 2 is 1.07 bits per heavy atom. The Kier molecular flexibility index (Phi) is 4.26. The zero-order valence-corrected chi connectivity index (χ0v) is 21.9. The maximum atomic E-state index is 6.30. The van der Waals surface area contributed by atoms with E-state index in [1.165, 1.54) is 49.2 Å². The highest BCUT2D eigenvalue weighted by Crippen LogP contribution is 2.40. The molecule has 0 fully saturated rings. The highest BCUT2D eigenvalue weighted by molar-refractivity contribution is 6.15. The second kappa shape index (κ2) is 7.87. The molecule has 0 aliphatic carbocycles. The summed E-state index contributed by atoms with van der Waals surface area (Å²) >= 11 is 0. The van der Waals surface area contributed by atoms with Gasteiger partial charge >= 0.3 is 0 Å². The average molecular weight is 513 g/mol. The SMILES string of the molecule is Cc1ccc2oc3cccc(-n4c5ccccc5c5cc(-n6c7ccccc7c7ccccc76)ccc54)c3c2c1. The van der Waals surface area contributed by atoms with Crippen LogP contribution in [0.5, 0.6) is 0 Å². The third-order valence-corrected chi connectivity index (χ3v) is 8.36. The third-order valence-electron chi connectivity index (χ3n) is 8.36. The lowest BCUT2D eigenvalue weighted by molar-refractivity contribution is 0.669. The van der Waals surface area contributed by atoms with Crippen LogP contribution in [-0.4, -0.2) is 9.13 Å². The van der Waals surface area contributed by atoms with Crippen molar-refractivity contribution in [2.75, 3.05) is 0 Å². The van der Waals surface area contributed by atoms with Crippen LogP contribution in [0.1, 0.15) is 5.56 Å². The molecule has 3 heteroatoms. The molecule has 0 saturated carbocycles. The van der Waals surface area contributed by atoms with Crippen LogP contribution in [0.25, 0.3) is 76.9 Å². The van der Waals surface area contributed by atoms with E-state index in [9.17, 15) is 0 Å². The van der Waals surface area contributed by atoms with Crippen molar-refractivity contribution >= 4 is 65.6 Å². The summed E-state index contributed by atoms with van der Waals surface area (Å²) in [6.45, 7) is 2.14. The van der Waals surface area contributed by atoms with Crippen LogP contribution in [0, 0.1) is 6.92 Å². The molecule has 9 aromatic rings. The molecule has 9 rings (SSSR count). The van der Waals surface area contributed by atoms with Crippen molar-refractivity contribution in [2.45, 2.75) is 6.92 Å². The molecule has 0 radical (unpaired) electrons. The first-order valence-corrected chi connectivity index (χ1v) is 13.7. The Morgan fingerprint density at radius 3 is 1.80 bits per heavy atom. The summed E-state index contributed by atoms with van der Waals surface area (Å²) in [5, 5.41) is 7.31. The van der Waals surface area contributed by atoms with E-state index in [0.717, 1.165) is 33.3 Å². The second-order valence-electron chi connectivity index (χ2n) is 10.7. The Bertz CT molecular complexity index is 2400. The Labute approximate surface area is 230 Å². The van der Waals surface area contributed by atoms with Crippen LogP contribution in [0.4, 0.5) is 0 Å². The Hall–Kier alpha value is -5.28. The molecule has 0 bridgehead atoms. The number of furan rings is 1. The molecule has 0 N–H and O–H groups in total. The van der Waals surface area contributed by atoms with Gasteiger partial charge < -0.3 is 13.6 Å². The molecule has 188 valence electrons. The van der Waals surface area contributed by atoms with Crippen molar-refractivity contribution in [3.05, 3.63) is 133 Å². The lowest BCUT2D eigenvalue weighted by atomic mass is 10.1. The first-order chi connectivity index (χ1) is 19.8. The Balaban J connectivity index is 1.39. The van der Waals surface area contributed by atoms with Gasteiger partial charge in [0.25, 0.3) is 0 Å². The van der Waals surface area contributed by atoms with Crippen LogP contribution in [0.3, 0.4) is 0 Å². The topological polar surface area (TPSA) is 23.0 Å². The standard InChI is InChI=1S/C37H24N2O/c1-23-17-20-35-29(21-23)37-34(15-8-16-36(37)40-35)39-32-14-7-4-11-27(32)28-22-24(18-19-33(28)39)38-30-12-5-2-9-25(30)26-10-3-6-13-31(26)38/h2-22H,1H3. The van der Waals surface area contributed by atoms with E-state index in [4.69, 9.17) is 4.42 Å². The maximum absolute atomic E-state index is 6.30. The number of para-hydroxylation sites is 3. The van der Waals surface area contributed by atoms with Gasteiger partial charge in [0.15, 0.2) is 0 Å². The number of aryl methyl sites for hydroxylation is 1. The molecule has 3 nitrogen and oxygen atoms in total. The van der Waals surface area contributed by atoms with E-state index in [1.54, 1.807) is 0 Å². The molecular formula is C37H24N2O. The molecule has 0 amide bonds. The molecule has 0 saturated heterocycles. The molecular weight excluding hydrogens is 488 g/mol. The highest BCUT2D eigenvalue weighted by Gasteiger charge is 2.19. The van der Waals surface area contributed by atoms with Crippen molar-refractivity contribution in [3.63, 3.8) is 0 Å². The van der Waals surface area contributed by atoms with Gasteiger partial charge in [-0.1, -0.05) is 72.3 Å². The highest BCUT2D eigenvalue weighted by atomic mass is 16.3. The molecule has 0 unspecified atom stereocenters. The number of hydrogen-bond donors (Lipinski definition) is 0. The lowest BCUT2D eigenvalue weighted by Crippen LogP contribution is -1.96. The minimum Gasteiger partial charge on any atom is -0.456 e. The molecule has 0 spiro atoms. The van der Waals surface area contributed by atoms with E-state index < -0.39 is 0 Å². The third kappa shape index (κ3) is 2.84. The summed E-state index contributed by atoms with van der Waals surface area (Å²) in [6.07, 6.45) is 0. The predicted molar refractivity (Wildman–Crippen MR) is 167 cm³/mol. The van der Waals surface area contributed by atoms with E-state index in [2.05, 4.69) is 143 Å². The van der Waals surface area contributed by atoms with Gasteiger partial charge in [-0.3, -0.25) is 0 Å². The summed E-state index contributed by atoms with van der Waals surface area (Å²) < 4.78 is 11.1.